The SMILES string of the molecule is CC(=O)OCCC1(C)C(C2=CC(=O)C3(O)CC(O)CCC3(C)C2=O)CCC1C(C)C=CC(C)C(C)C. The van der Waals surface area contributed by atoms with E-state index in [0.29, 0.717) is 30.3 Å². The molecule has 6 nitrogen and oxygen atoms in total. The van der Waals surface area contributed by atoms with Crippen LogP contribution in [-0.4, -0.2) is 46.1 Å². The molecule has 0 heterocycles. The van der Waals surface area contributed by atoms with Crippen LogP contribution in [0.25, 0.3) is 0 Å². The number of hydrogen-bond donors (Lipinski definition) is 2. The average molecular weight is 503 g/mol. The third-order valence-corrected chi connectivity index (χ3v) is 10.0. The standard InChI is InChI=1S/C30H46O6/c1-18(2)19(3)8-9-20(4)24-10-11-25(28(24,6)14-15-36-21(5)31)23-16-26(33)30(35)17-22(32)12-13-29(30,7)27(23)34/h8-9,16,18-20,22,24-25,32,35H,10-15,17H2,1-7H3. The first-order valence-corrected chi connectivity index (χ1v) is 13.7. The molecule has 0 saturated heterocycles. The molecule has 0 radical (unpaired) electrons. The van der Waals surface area contributed by atoms with Crippen LogP contribution in [0.3, 0.4) is 0 Å². The first-order chi connectivity index (χ1) is 16.7. The van der Waals surface area contributed by atoms with Crippen molar-refractivity contribution < 1.29 is 29.3 Å². The van der Waals surface area contributed by atoms with E-state index in [1.165, 1.54) is 13.0 Å². The van der Waals surface area contributed by atoms with Gasteiger partial charge in [0.2, 0.25) is 0 Å². The van der Waals surface area contributed by atoms with Gasteiger partial charge in [-0.2, -0.15) is 0 Å². The van der Waals surface area contributed by atoms with Crippen molar-refractivity contribution in [2.75, 3.05) is 6.61 Å². The first-order valence-electron chi connectivity index (χ1n) is 13.7. The first kappa shape index (κ1) is 28.8. The lowest BCUT2D eigenvalue weighted by Crippen LogP contribution is -2.63. The Morgan fingerprint density at radius 2 is 1.81 bits per heavy atom. The van der Waals surface area contributed by atoms with Crippen LogP contribution in [0.4, 0.5) is 0 Å². The number of carbonyl (C=O) groups excluding carboxylic acids is 3. The number of Topliss-reactive ketones (excluding diaryl/α,β-unsaturated/α-hetero) is 1. The van der Waals surface area contributed by atoms with Gasteiger partial charge in [0.1, 0.15) is 5.60 Å². The fourth-order valence-electron chi connectivity index (χ4n) is 7.03. The molecule has 6 heteroatoms. The Balaban J connectivity index is 1.98. The average Bonchev–Trinajstić information content (AvgIpc) is 3.13. The summed E-state index contributed by atoms with van der Waals surface area (Å²) in [6.07, 6.45) is 7.97. The molecule has 3 rings (SSSR count). The Morgan fingerprint density at radius 3 is 2.42 bits per heavy atom. The van der Waals surface area contributed by atoms with Crippen LogP contribution in [-0.2, 0) is 19.1 Å². The highest BCUT2D eigenvalue weighted by Crippen LogP contribution is 2.59. The van der Waals surface area contributed by atoms with Crippen LogP contribution in [0.5, 0.6) is 0 Å². The van der Waals surface area contributed by atoms with Gasteiger partial charge in [-0.25, -0.2) is 0 Å². The van der Waals surface area contributed by atoms with E-state index in [4.69, 9.17) is 4.74 Å². The predicted molar refractivity (Wildman–Crippen MR) is 139 cm³/mol. The minimum absolute atomic E-state index is 0.106. The lowest BCUT2D eigenvalue weighted by Gasteiger charge is -2.51. The van der Waals surface area contributed by atoms with Crippen molar-refractivity contribution in [3.63, 3.8) is 0 Å². The Labute approximate surface area is 216 Å². The summed E-state index contributed by atoms with van der Waals surface area (Å²) in [7, 11) is 0. The van der Waals surface area contributed by atoms with Crippen molar-refractivity contribution in [2.45, 2.75) is 98.7 Å². The zero-order valence-corrected chi connectivity index (χ0v) is 23.2. The van der Waals surface area contributed by atoms with E-state index in [2.05, 4.69) is 46.8 Å². The third kappa shape index (κ3) is 5.00. The van der Waals surface area contributed by atoms with E-state index >= 15 is 0 Å². The van der Waals surface area contributed by atoms with E-state index in [9.17, 15) is 24.6 Å². The second-order valence-electron chi connectivity index (χ2n) is 12.6. The maximum Gasteiger partial charge on any atom is 0.302 e. The summed E-state index contributed by atoms with van der Waals surface area (Å²) >= 11 is 0. The Hall–Kier alpha value is -1.79. The van der Waals surface area contributed by atoms with Gasteiger partial charge in [0.15, 0.2) is 11.6 Å². The number of carbonyl (C=O) groups is 3. The number of fused-ring (bicyclic) bond motifs is 1. The molecule has 3 aliphatic carbocycles. The fraction of sp³-hybridized carbons (Fsp3) is 0.767. The van der Waals surface area contributed by atoms with E-state index in [1.54, 1.807) is 6.92 Å². The van der Waals surface area contributed by atoms with Gasteiger partial charge < -0.3 is 14.9 Å². The molecule has 8 atom stereocenters. The zero-order chi connectivity index (χ0) is 27.1. The molecule has 2 N–H and O–H groups in total. The van der Waals surface area contributed by atoms with E-state index in [1.807, 2.05) is 0 Å². The summed E-state index contributed by atoms with van der Waals surface area (Å²) in [6.45, 7) is 14.4. The van der Waals surface area contributed by atoms with Crippen molar-refractivity contribution in [2.24, 2.45) is 40.4 Å². The number of aliphatic hydroxyl groups is 2. The van der Waals surface area contributed by atoms with Crippen LogP contribution >= 0.6 is 0 Å². The van der Waals surface area contributed by atoms with E-state index < -0.39 is 22.9 Å². The minimum atomic E-state index is -1.86. The Bertz CT molecular complexity index is 934. The molecule has 0 spiro atoms. The number of hydrogen-bond acceptors (Lipinski definition) is 6. The highest BCUT2D eigenvalue weighted by Gasteiger charge is 2.63. The lowest BCUT2D eigenvalue weighted by molar-refractivity contribution is -0.174. The fourth-order valence-corrected chi connectivity index (χ4v) is 7.03. The minimum Gasteiger partial charge on any atom is -0.466 e. The summed E-state index contributed by atoms with van der Waals surface area (Å²) in [6, 6.07) is 0. The number of esters is 1. The van der Waals surface area contributed by atoms with Crippen LogP contribution in [0.1, 0.15) is 87.0 Å². The monoisotopic (exact) mass is 502 g/mol. The van der Waals surface area contributed by atoms with Crippen molar-refractivity contribution in [3.05, 3.63) is 23.8 Å². The molecule has 36 heavy (non-hydrogen) atoms. The molecule has 2 fully saturated rings. The zero-order valence-electron chi connectivity index (χ0n) is 23.2. The van der Waals surface area contributed by atoms with Crippen LogP contribution < -0.4 is 0 Å². The number of ether oxygens (including phenoxy) is 1. The van der Waals surface area contributed by atoms with Gasteiger partial charge in [-0.15, -0.1) is 0 Å². The molecule has 0 aromatic heterocycles. The number of ketones is 2. The maximum atomic E-state index is 14.0. The molecule has 2 saturated carbocycles. The van der Waals surface area contributed by atoms with Gasteiger partial charge >= 0.3 is 5.97 Å². The van der Waals surface area contributed by atoms with Crippen molar-refractivity contribution in [1.29, 1.82) is 0 Å². The molecule has 0 bridgehead atoms. The van der Waals surface area contributed by atoms with Gasteiger partial charge in [0.05, 0.1) is 18.1 Å². The van der Waals surface area contributed by atoms with Crippen molar-refractivity contribution in [1.82, 2.24) is 0 Å². The number of allylic oxidation sites excluding steroid dienone is 3. The van der Waals surface area contributed by atoms with Crippen LogP contribution in [0.15, 0.2) is 23.8 Å². The maximum absolute atomic E-state index is 14.0. The molecule has 0 aromatic carbocycles. The molecular weight excluding hydrogens is 456 g/mol. The van der Waals surface area contributed by atoms with Gasteiger partial charge in [0.25, 0.3) is 0 Å². The second-order valence-corrected chi connectivity index (χ2v) is 12.6. The molecular formula is C30H46O6. The van der Waals surface area contributed by atoms with Crippen LogP contribution in [0, 0.1) is 40.4 Å². The van der Waals surface area contributed by atoms with Crippen LogP contribution in [0.2, 0.25) is 0 Å². The van der Waals surface area contributed by atoms with E-state index in [0.717, 1.165) is 12.8 Å². The Morgan fingerprint density at radius 1 is 1.14 bits per heavy atom. The third-order valence-electron chi connectivity index (χ3n) is 10.0. The topological polar surface area (TPSA) is 101 Å². The van der Waals surface area contributed by atoms with E-state index in [-0.39, 0.29) is 54.4 Å². The summed E-state index contributed by atoms with van der Waals surface area (Å²) in [4.78, 5) is 38.8. The smallest absolute Gasteiger partial charge is 0.302 e. The summed E-state index contributed by atoms with van der Waals surface area (Å²) in [5.41, 5.74) is -2.95. The van der Waals surface area contributed by atoms with Gasteiger partial charge in [-0.1, -0.05) is 46.8 Å². The molecule has 0 amide bonds. The molecule has 0 aromatic rings. The summed E-state index contributed by atoms with van der Waals surface area (Å²) in [5, 5.41) is 21.5. The van der Waals surface area contributed by atoms with Crippen molar-refractivity contribution >= 4 is 17.5 Å². The second kappa shape index (κ2) is 10.5. The van der Waals surface area contributed by atoms with Gasteiger partial charge in [0, 0.05) is 18.9 Å². The number of aliphatic hydroxyl groups excluding tert-OH is 1. The van der Waals surface area contributed by atoms with Crippen molar-refractivity contribution in [3.8, 4) is 0 Å². The quantitative estimate of drug-likeness (QED) is 0.365. The lowest BCUT2D eigenvalue weighted by atomic mass is 9.53. The molecule has 8 unspecified atom stereocenters. The predicted octanol–water partition coefficient (Wildman–Crippen LogP) is 4.82. The highest BCUT2D eigenvalue weighted by atomic mass is 16.5. The Kier molecular flexibility index (Phi) is 8.41. The molecule has 202 valence electrons. The van der Waals surface area contributed by atoms with Gasteiger partial charge in [-0.3, -0.25) is 14.4 Å². The normalized spacial score (nSPS) is 38.7. The summed E-state index contributed by atoms with van der Waals surface area (Å²) in [5.74, 6) is 0.373. The largest absolute Gasteiger partial charge is 0.466 e. The highest BCUT2D eigenvalue weighted by molar-refractivity contribution is 6.16. The molecule has 0 aliphatic heterocycles. The number of rotatable bonds is 8. The summed E-state index contributed by atoms with van der Waals surface area (Å²) < 4.78 is 5.35. The molecule has 3 aliphatic rings. The van der Waals surface area contributed by atoms with Gasteiger partial charge in [-0.05, 0) is 80.1 Å².